The number of amides is 1. The van der Waals surface area contributed by atoms with Gasteiger partial charge in [-0.05, 0) is 40.2 Å². The lowest BCUT2D eigenvalue weighted by molar-refractivity contribution is -0.135. The summed E-state index contributed by atoms with van der Waals surface area (Å²) in [6.45, 7) is 1.42. The lowest BCUT2D eigenvalue weighted by atomic mass is 10.2. The topological polar surface area (TPSA) is 41.9 Å². The summed E-state index contributed by atoms with van der Waals surface area (Å²) in [4.78, 5) is 11.9. The number of carbonyl (C=O) groups is 1. The predicted molar refractivity (Wildman–Crippen MR) is 93.5 cm³/mol. The molecular formula is C16H11BrCl2N2O2. The summed E-state index contributed by atoms with van der Waals surface area (Å²) in [6.07, 6.45) is -0.723. The lowest BCUT2D eigenvalue weighted by Gasteiger charge is -2.20. The number of carbonyl (C=O) groups excluding carboxylic acids is 1. The zero-order valence-corrected chi connectivity index (χ0v) is 15.1. The quantitative estimate of drug-likeness (QED) is 0.695. The number of rotatable bonds is 2. The Kier molecular flexibility index (Phi) is 4.62. The first-order valence-electron chi connectivity index (χ1n) is 6.72. The first-order chi connectivity index (χ1) is 11.0. The summed E-state index contributed by atoms with van der Waals surface area (Å²) in [7, 11) is 0. The molecule has 0 fully saturated rings. The first kappa shape index (κ1) is 16.3. The Morgan fingerprint density at radius 3 is 2.65 bits per heavy atom. The van der Waals surface area contributed by atoms with Crippen LogP contribution in [0.25, 0.3) is 0 Å². The molecule has 2 aromatic rings. The molecule has 1 atom stereocenters. The fraction of sp³-hybridized carbons (Fsp3) is 0.125. The molecule has 1 aliphatic rings. The first-order valence-corrected chi connectivity index (χ1v) is 8.27. The van der Waals surface area contributed by atoms with Crippen molar-refractivity contribution in [3.8, 4) is 0 Å². The molecule has 0 radical (unpaired) electrons. The third-order valence-corrected chi connectivity index (χ3v) is 4.55. The summed E-state index contributed by atoms with van der Waals surface area (Å²) in [5, 5.41) is 6.49. The van der Waals surface area contributed by atoms with Gasteiger partial charge in [0.05, 0.1) is 10.6 Å². The van der Waals surface area contributed by atoms with Crippen molar-refractivity contribution < 1.29 is 9.53 Å². The van der Waals surface area contributed by atoms with E-state index in [1.54, 1.807) is 18.2 Å². The maximum absolute atomic E-state index is 11.9. The van der Waals surface area contributed by atoms with Gasteiger partial charge >= 0.3 is 0 Å². The molecule has 3 rings (SSSR count). The summed E-state index contributed by atoms with van der Waals surface area (Å²) in [5.41, 5.74) is 1.38. The maximum atomic E-state index is 11.9. The predicted octanol–water partition coefficient (Wildman–Crippen LogP) is 5.00. The summed E-state index contributed by atoms with van der Waals surface area (Å²) >= 11 is 15.6. The Labute approximate surface area is 151 Å². The van der Waals surface area contributed by atoms with Crippen molar-refractivity contribution in [3.05, 3.63) is 68.1 Å². The highest BCUT2D eigenvalue weighted by Gasteiger charge is 2.34. The Balaban J connectivity index is 2.01. The minimum atomic E-state index is -0.723. The molecule has 1 unspecified atom stereocenters. The van der Waals surface area contributed by atoms with E-state index >= 15 is 0 Å². The Hall–Kier alpha value is -1.56. The van der Waals surface area contributed by atoms with Crippen LogP contribution < -0.4 is 0 Å². The normalized spacial score (nSPS) is 17.0. The van der Waals surface area contributed by atoms with Crippen molar-refractivity contribution in [2.45, 2.75) is 13.2 Å². The molecule has 23 heavy (non-hydrogen) atoms. The molecule has 1 amide bonds. The average molecular weight is 414 g/mol. The molecule has 118 valence electrons. The van der Waals surface area contributed by atoms with Crippen LogP contribution in [0.1, 0.15) is 24.3 Å². The largest absolute Gasteiger partial charge is 0.446 e. The molecule has 0 spiro atoms. The van der Waals surface area contributed by atoms with Gasteiger partial charge in [0.15, 0.2) is 0 Å². The van der Waals surface area contributed by atoms with Gasteiger partial charge in [-0.15, -0.1) is 5.10 Å². The van der Waals surface area contributed by atoms with Gasteiger partial charge in [0, 0.05) is 22.0 Å². The van der Waals surface area contributed by atoms with E-state index in [0.717, 1.165) is 10.0 Å². The van der Waals surface area contributed by atoms with Crippen LogP contribution in [-0.2, 0) is 9.53 Å². The number of hydrogen-bond donors (Lipinski definition) is 0. The summed E-state index contributed by atoms with van der Waals surface area (Å²) in [6, 6.07) is 12.5. The smallest absolute Gasteiger partial charge is 0.243 e. The second kappa shape index (κ2) is 6.51. The fourth-order valence-corrected chi connectivity index (χ4v) is 3.17. The van der Waals surface area contributed by atoms with E-state index in [1.807, 2.05) is 24.3 Å². The maximum Gasteiger partial charge on any atom is 0.243 e. The molecule has 1 heterocycles. The highest BCUT2D eigenvalue weighted by Crippen LogP contribution is 2.36. The van der Waals surface area contributed by atoms with Crippen molar-refractivity contribution in [1.29, 1.82) is 0 Å². The fourth-order valence-electron chi connectivity index (χ4n) is 2.21. The molecule has 1 aliphatic heterocycles. The SMILES string of the molecule is CC(=O)N1N=C(c2ccccc2Br)OC1c1ccc(Cl)cc1Cl. The van der Waals surface area contributed by atoms with Crippen LogP contribution in [0.3, 0.4) is 0 Å². The van der Waals surface area contributed by atoms with Gasteiger partial charge in [0.25, 0.3) is 0 Å². The van der Waals surface area contributed by atoms with Crippen LogP contribution in [0.4, 0.5) is 0 Å². The van der Waals surface area contributed by atoms with Gasteiger partial charge in [0.1, 0.15) is 0 Å². The molecule has 0 saturated carbocycles. The van der Waals surface area contributed by atoms with Crippen molar-refractivity contribution in [2.24, 2.45) is 5.10 Å². The molecule has 0 bridgehead atoms. The number of ether oxygens (including phenoxy) is 1. The van der Waals surface area contributed by atoms with Crippen LogP contribution in [-0.4, -0.2) is 16.8 Å². The standard InChI is InChI=1S/C16H11BrCl2N2O2/c1-9(22)21-16(12-7-6-10(18)8-14(12)19)23-15(20-21)11-4-2-3-5-13(11)17/h2-8,16H,1H3. The number of hydrogen-bond acceptors (Lipinski definition) is 3. The second-order valence-electron chi connectivity index (χ2n) is 4.88. The molecule has 0 aromatic heterocycles. The highest BCUT2D eigenvalue weighted by molar-refractivity contribution is 9.10. The summed E-state index contributed by atoms with van der Waals surface area (Å²) in [5.74, 6) is 0.103. The number of nitrogens with zero attached hydrogens (tertiary/aromatic N) is 2. The Morgan fingerprint density at radius 2 is 2.00 bits per heavy atom. The van der Waals surface area contributed by atoms with Gasteiger partial charge in [-0.25, -0.2) is 0 Å². The summed E-state index contributed by atoms with van der Waals surface area (Å²) < 4.78 is 6.73. The van der Waals surface area contributed by atoms with Gasteiger partial charge in [-0.2, -0.15) is 5.01 Å². The van der Waals surface area contributed by atoms with Crippen LogP contribution in [0.15, 0.2) is 52.0 Å². The van der Waals surface area contributed by atoms with Crippen molar-refractivity contribution in [2.75, 3.05) is 0 Å². The van der Waals surface area contributed by atoms with Gasteiger partial charge < -0.3 is 4.74 Å². The average Bonchev–Trinajstić information content (AvgIpc) is 2.92. The molecule has 2 aromatic carbocycles. The monoisotopic (exact) mass is 412 g/mol. The molecule has 0 N–H and O–H groups in total. The van der Waals surface area contributed by atoms with Crippen molar-refractivity contribution >= 4 is 50.9 Å². The number of benzene rings is 2. The third-order valence-electron chi connectivity index (χ3n) is 3.30. The second-order valence-corrected chi connectivity index (χ2v) is 6.58. The number of halogens is 3. The van der Waals surface area contributed by atoms with Crippen LogP contribution >= 0.6 is 39.1 Å². The minimum absolute atomic E-state index is 0.247. The van der Waals surface area contributed by atoms with E-state index < -0.39 is 6.23 Å². The van der Waals surface area contributed by atoms with Crippen LogP contribution in [0.5, 0.6) is 0 Å². The van der Waals surface area contributed by atoms with Crippen molar-refractivity contribution in [1.82, 2.24) is 5.01 Å². The van der Waals surface area contributed by atoms with E-state index in [1.165, 1.54) is 11.9 Å². The zero-order valence-electron chi connectivity index (χ0n) is 12.0. The third kappa shape index (κ3) is 3.22. The van der Waals surface area contributed by atoms with Crippen LogP contribution in [0, 0.1) is 0 Å². The Bertz CT molecular complexity index is 810. The van der Waals surface area contributed by atoms with Gasteiger partial charge in [0.2, 0.25) is 18.0 Å². The number of hydrazone groups is 1. The van der Waals surface area contributed by atoms with Crippen LogP contribution in [0.2, 0.25) is 10.0 Å². The van der Waals surface area contributed by atoms with E-state index in [2.05, 4.69) is 21.0 Å². The van der Waals surface area contributed by atoms with Gasteiger partial charge in [-0.1, -0.05) is 41.4 Å². The van der Waals surface area contributed by atoms with E-state index in [9.17, 15) is 4.79 Å². The lowest BCUT2D eigenvalue weighted by Crippen LogP contribution is -2.25. The van der Waals surface area contributed by atoms with E-state index in [-0.39, 0.29) is 5.91 Å². The molecular weight excluding hydrogens is 403 g/mol. The molecule has 7 heteroatoms. The van der Waals surface area contributed by atoms with E-state index in [4.69, 9.17) is 27.9 Å². The zero-order chi connectivity index (χ0) is 16.6. The highest BCUT2D eigenvalue weighted by atomic mass is 79.9. The minimum Gasteiger partial charge on any atom is -0.446 e. The molecule has 4 nitrogen and oxygen atoms in total. The Morgan fingerprint density at radius 1 is 1.26 bits per heavy atom. The molecule has 0 aliphatic carbocycles. The van der Waals surface area contributed by atoms with E-state index in [0.29, 0.717) is 21.5 Å². The molecule has 0 saturated heterocycles. The van der Waals surface area contributed by atoms with Crippen molar-refractivity contribution in [3.63, 3.8) is 0 Å². The van der Waals surface area contributed by atoms with Gasteiger partial charge in [-0.3, -0.25) is 4.79 Å².